The van der Waals surface area contributed by atoms with Gasteiger partial charge in [-0.2, -0.15) is 0 Å². The van der Waals surface area contributed by atoms with E-state index >= 15 is 0 Å². The molecule has 18 heavy (non-hydrogen) atoms. The molecule has 0 aliphatic carbocycles. The summed E-state index contributed by atoms with van der Waals surface area (Å²) in [6.45, 7) is 3.47. The summed E-state index contributed by atoms with van der Waals surface area (Å²) in [6, 6.07) is 4.56. The molecule has 0 radical (unpaired) electrons. The summed E-state index contributed by atoms with van der Waals surface area (Å²) in [5.41, 5.74) is -0.0379. The molecule has 0 amide bonds. The van der Waals surface area contributed by atoms with E-state index in [1.807, 2.05) is 4.90 Å². The fourth-order valence-corrected chi connectivity index (χ4v) is 2.47. The Bertz CT molecular complexity index is 476. The van der Waals surface area contributed by atoms with Crippen molar-refractivity contribution in [2.45, 2.75) is 25.5 Å². The molecule has 0 spiro atoms. The van der Waals surface area contributed by atoms with E-state index in [2.05, 4.69) is 0 Å². The van der Waals surface area contributed by atoms with Crippen LogP contribution in [0.25, 0.3) is 0 Å². The van der Waals surface area contributed by atoms with Gasteiger partial charge in [0, 0.05) is 36.3 Å². The number of β-amino-alcohol motifs (C(OH)–C–C–N with tert-alkyl or cyclic N) is 1. The van der Waals surface area contributed by atoms with Gasteiger partial charge in [0.1, 0.15) is 0 Å². The van der Waals surface area contributed by atoms with Crippen molar-refractivity contribution in [1.29, 1.82) is 0 Å². The first-order valence-electron chi connectivity index (χ1n) is 5.75. The number of nitrogens with zero attached hydrogens (tertiary/aromatic N) is 2. The molecule has 0 saturated carbocycles. The summed E-state index contributed by atoms with van der Waals surface area (Å²) in [7, 11) is 0. The quantitative estimate of drug-likeness (QED) is 0.675. The maximum absolute atomic E-state index is 10.9. The molecular formula is C12H15ClN2O3. The Balaban J connectivity index is 2.18. The van der Waals surface area contributed by atoms with Crippen LogP contribution in [-0.2, 0) is 6.54 Å². The molecule has 2 rings (SSSR count). The maximum Gasteiger partial charge on any atom is 0.273 e. The highest BCUT2D eigenvalue weighted by molar-refractivity contribution is 6.30. The number of nitro groups is 1. The van der Waals surface area contributed by atoms with E-state index < -0.39 is 10.5 Å². The third-order valence-corrected chi connectivity index (χ3v) is 3.40. The van der Waals surface area contributed by atoms with Gasteiger partial charge < -0.3 is 5.11 Å². The van der Waals surface area contributed by atoms with Crippen LogP contribution >= 0.6 is 11.6 Å². The molecule has 1 aromatic carbocycles. The average molecular weight is 271 g/mol. The van der Waals surface area contributed by atoms with Gasteiger partial charge in [-0.15, -0.1) is 0 Å². The van der Waals surface area contributed by atoms with Crippen molar-refractivity contribution in [3.8, 4) is 0 Å². The van der Waals surface area contributed by atoms with Crippen LogP contribution in [0.4, 0.5) is 5.69 Å². The van der Waals surface area contributed by atoms with Crippen LogP contribution in [0.2, 0.25) is 5.02 Å². The molecule has 6 heteroatoms. The third-order valence-electron chi connectivity index (χ3n) is 3.16. The van der Waals surface area contributed by atoms with E-state index in [0.717, 1.165) is 6.54 Å². The number of halogens is 1. The van der Waals surface area contributed by atoms with Crippen molar-refractivity contribution >= 4 is 17.3 Å². The Labute approximate surface area is 110 Å². The first-order valence-corrected chi connectivity index (χ1v) is 6.13. The largest absolute Gasteiger partial charge is 0.389 e. The number of likely N-dealkylation sites (tertiary alicyclic amines) is 1. The summed E-state index contributed by atoms with van der Waals surface area (Å²) in [5, 5.41) is 21.3. The average Bonchev–Trinajstić information content (AvgIpc) is 2.57. The summed E-state index contributed by atoms with van der Waals surface area (Å²) >= 11 is 5.87. The molecule has 5 nitrogen and oxygen atoms in total. The van der Waals surface area contributed by atoms with Crippen molar-refractivity contribution in [1.82, 2.24) is 4.90 Å². The molecule has 1 aliphatic rings. The first kappa shape index (κ1) is 13.3. The van der Waals surface area contributed by atoms with Crippen LogP contribution in [0.5, 0.6) is 0 Å². The normalized spacial score (nSPS) is 24.4. The lowest BCUT2D eigenvalue weighted by Crippen LogP contribution is -2.29. The highest BCUT2D eigenvalue weighted by atomic mass is 35.5. The second-order valence-corrected chi connectivity index (χ2v) is 5.42. The predicted molar refractivity (Wildman–Crippen MR) is 68.6 cm³/mol. The molecule has 1 aromatic rings. The van der Waals surface area contributed by atoms with Crippen LogP contribution in [0, 0.1) is 10.1 Å². The van der Waals surface area contributed by atoms with Gasteiger partial charge in [-0.05, 0) is 25.5 Å². The molecule has 1 unspecified atom stereocenters. The molecule has 1 fully saturated rings. The van der Waals surface area contributed by atoms with Gasteiger partial charge in [-0.25, -0.2) is 0 Å². The van der Waals surface area contributed by atoms with Crippen molar-refractivity contribution < 1.29 is 10.0 Å². The molecule has 1 saturated heterocycles. The minimum absolute atomic E-state index is 0.0749. The molecule has 0 bridgehead atoms. The van der Waals surface area contributed by atoms with Crippen molar-refractivity contribution in [2.75, 3.05) is 13.1 Å². The highest BCUT2D eigenvalue weighted by Crippen LogP contribution is 2.27. The lowest BCUT2D eigenvalue weighted by atomic mass is 10.1. The van der Waals surface area contributed by atoms with E-state index in [0.29, 0.717) is 30.1 Å². The lowest BCUT2D eigenvalue weighted by Gasteiger charge is -2.18. The number of hydrogen-bond acceptors (Lipinski definition) is 4. The Hall–Kier alpha value is -1.17. The van der Waals surface area contributed by atoms with E-state index in [1.54, 1.807) is 13.0 Å². The minimum atomic E-state index is -0.701. The molecular weight excluding hydrogens is 256 g/mol. The fourth-order valence-electron chi connectivity index (χ4n) is 2.27. The summed E-state index contributed by atoms with van der Waals surface area (Å²) in [4.78, 5) is 12.5. The Kier molecular flexibility index (Phi) is 3.56. The predicted octanol–water partition coefficient (Wildman–Crippen LogP) is 2.20. The summed E-state index contributed by atoms with van der Waals surface area (Å²) in [5.74, 6) is 0. The van der Waals surface area contributed by atoms with Gasteiger partial charge in [0.05, 0.1) is 10.5 Å². The van der Waals surface area contributed by atoms with Crippen molar-refractivity contribution in [3.05, 3.63) is 38.9 Å². The van der Waals surface area contributed by atoms with Gasteiger partial charge >= 0.3 is 0 Å². The van der Waals surface area contributed by atoms with E-state index in [1.165, 1.54) is 12.1 Å². The van der Waals surface area contributed by atoms with Gasteiger partial charge in [0.25, 0.3) is 5.69 Å². The van der Waals surface area contributed by atoms with E-state index in [-0.39, 0.29) is 5.69 Å². The molecule has 1 N–H and O–H groups in total. The second kappa shape index (κ2) is 4.84. The monoisotopic (exact) mass is 270 g/mol. The third kappa shape index (κ3) is 2.98. The zero-order chi connectivity index (χ0) is 13.3. The van der Waals surface area contributed by atoms with Gasteiger partial charge in [-0.1, -0.05) is 11.6 Å². The van der Waals surface area contributed by atoms with Gasteiger partial charge in [0.15, 0.2) is 0 Å². The van der Waals surface area contributed by atoms with Gasteiger partial charge in [-0.3, -0.25) is 15.0 Å². The Morgan fingerprint density at radius 2 is 2.33 bits per heavy atom. The van der Waals surface area contributed by atoms with Crippen LogP contribution < -0.4 is 0 Å². The Morgan fingerprint density at radius 1 is 1.61 bits per heavy atom. The fraction of sp³-hybridized carbons (Fsp3) is 0.500. The van der Waals surface area contributed by atoms with Crippen molar-refractivity contribution in [2.24, 2.45) is 0 Å². The zero-order valence-electron chi connectivity index (χ0n) is 10.1. The van der Waals surface area contributed by atoms with Crippen LogP contribution in [0.1, 0.15) is 18.9 Å². The standard InChI is InChI=1S/C12H15ClN2O3/c1-12(16)4-5-14(8-12)7-9-6-10(13)2-3-11(9)15(17)18/h2-3,6,16H,4-5,7-8H2,1H3. The SMILES string of the molecule is CC1(O)CCN(Cc2cc(Cl)ccc2[N+](=O)[O-])C1. The lowest BCUT2D eigenvalue weighted by molar-refractivity contribution is -0.385. The second-order valence-electron chi connectivity index (χ2n) is 4.99. The van der Waals surface area contributed by atoms with Crippen LogP contribution in [-0.4, -0.2) is 33.6 Å². The molecule has 1 heterocycles. The number of rotatable bonds is 3. The molecule has 98 valence electrons. The number of aliphatic hydroxyl groups is 1. The summed E-state index contributed by atoms with van der Waals surface area (Å²) < 4.78 is 0. The maximum atomic E-state index is 10.9. The van der Waals surface area contributed by atoms with E-state index in [4.69, 9.17) is 11.6 Å². The number of nitro benzene ring substituents is 1. The van der Waals surface area contributed by atoms with E-state index in [9.17, 15) is 15.2 Å². The van der Waals surface area contributed by atoms with Gasteiger partial charge in [0.2, 0.25) is 0 Å². The van der Waals surface area contributed by atoms with Crippen LogP contribution in [0.15, 0.2) is 18.2 Å². The van der Waals surface area contributed by atoms with Crippen LogP contribution in [0.3, 0.4) is 0 Å². The minimum Gasteiger partial charge on any atom is -0.389 e. The topological polar surface area (TPSA) is 66.6 Å². The summed E-state index contributed by atoms with van der Waals surface area (Å²) in [6.07, 6.45) is 0.682. The smallest absolute Gasteiger partial charge is 0.273 e. The zero-order valence-corrected chi connectivity index (χ0v) is 10.9. The first-order chi connectivity index (χ1) is 8.37. The molecule has 0 aromatic heterocycles. The number of benzene rings is 1. The number of hydrogen-bond donors (Lipinski definition) is 1. The Morgan fingerprint density at radius 3 is 2.89 bits per heavy atom. The highest BCUT2D eigenvalue weighted by Gasteiger charge is 2.32. The molecule has 1 aliphatic heterocycles. The van der Waals surface area contributed by atoms with Crippen molar-refractivity contribution in [3.63, 3.8) is 0 Å². The molecule has 1 atom stereocenters.